The number of para-hydroxylation sites is 1. The van der Waals surface area contributed by atoms with E-state index in [1.807, 2.05) is 0 Å². The van der Waals surface area contributed by atoms with Crippen molar-refractivity contribution in [2.45, 2.75) is 0 Å². The second-order valence-corrected chi connectivity index (χ2v) is 2.79. The van der Waals surface area contributed by atoms with E-state index in [0.717, 1.165) is 0 Å². The first-order valence-corrected chi connectivity index (χ1v) is 4.09. The largest absolute Gasteiger partial charge is 0.424 e. The molecule has 0 fully saturated rings. The number of nitrogens with two attached hydrogens (primary N) is 1. The Morgan fingerprint density at radius 2 is 2.27 bits per heavy atom. The maximum atomic E-state index is 11.0. The number of hydrogen-bond acceptors (Lipinski definition) is 4. The van der Waals surface area contributed by atoms with Crippen LogP contribution in [0.4, 0.5) is 6.01 Å². The van der Waals surface area contributed by atoms with Crippen LogP contribution in [0.2, 0.25) is 0 Å². The third kappa shape index (κ3) is 1.87. The molecule has 15 heavy (non-hydrogen) atoms. The molecule has 5 nitrogen and oxygen atoms in total. The van der Waals surface area contributed by atoms with E-state index in [0.29, 0.717) is 22.7 Å². The SMILES string of the molecule is CNc1nc2c(C(N)=O)cccc2o1.Cl. The Labute approximate surface area is 92.1 Å². The van der Waals surface area contributed by atoms with Gasteiger partial charge < -0.3 is 15.5 Å². The van der Waals surface area contributed by atoms with E-state index < -0.39 is 5.91 Å². The number of oxazole rings is 1. The number of anilines is 1. The molecule has 3 N–H and O–H groups in total. The van der Waals surface area contributed by atoms with Gasteiger partial charge in [0.05, 0.1) is 5.56 Å². The molecule has 1 heterocycles. The topological polar surface area (TPSA) is 81.1 Å². The normalized spacial score (nSPS) is 9.67. The minimum Gasteiger partial charge on any atom is -0.424 e. The van der Waals surface area contributed by atoms with Gasteiger partial charge in [-0.1, -0.05) is 6.07 Å². The van der Waals surface area contributed by atoms with E-state index in [-0.39, 0.29) is 12.4 Å². The second kappa shape index (κ2) is 4.18. The van der Waals surface area contributed by atoms with Gasteiger partial charge in [0, 0.05) is 7.05 Å². The van der Waals surface area contributed by atoms with E-state index in [2.05, 4.69) is 10.3 Å². The van der Waals surface area contributed by atoms with Gasteiger partial charge in [0.25, 0.3) is 11.9 Å². The molecule has 1 aromatic carbocycles. The lowest BCUT2D eigenvalue weighted by Gasteiger charge is -1.93. The van der Waals surface area contributed by atoms with E-state index >= 15 is 0 Å². The van der Waals surface area contributed by atoms with Gasteiger partial charge in [-0.25, -0.2) is 0 Å². The molecule has 0 saturated carbocycles. The quantitative estimate of drug-likeness (QED) is 0.812. The maximum Gasteiger partial charge on any atom is 0.295 e. The summed E-state index contributed by atoms with van der Waals surface area (Å²) in [6.07, 6.45) is 0. The van der Waals surface area contributed by atoms with Crippen LogP contribution in [-0.4, -0.2) is 17.9 Å². The number of benzene rings is 1. The fraction of sp³-hybridized carbons (Fsp3) is 0.111. The molecule has 2 aromatic rings. The minimum atomic E-state index is -0.508. The summed E-state index contributed by atoms with van der Waals surface area (Å²) in [4.78, 5) is 15.1. The van der Waals surface area contributed by atoms with Gasteiger partial charge >= 0.3 is 0 Å². The molecule has 0 saturated heterocycles. The molecule has 0 radical (unpaired) electrons. The summed E-state index contributed by atoms with van der Waals surface area (Å²) in [7, 11) is 1.69. The van der Waals surface area contributed by atoms with Crippen LogP contribution in [0.15, 0.2) is 22.6 Å². The summed E-state index contributed by atoms with van der Waals surface area (Å²) in [6, 6.07) is 5.42. The maximum absolute atomic E-state index is 11.0. The van der Waals surface area contributed by atoms with Gasteiger partial charge in [-0.2, -0.15) is 4.98 Å². The number of carbonyl (C=O) groups excluding carboxylic acids is 1. The van der Waals surface area contributed by atoms with E-state index in [4.69, 9.17) is 10.2 Å². The van der Waals surface area contributed by atoms with Crippen molar-refractivity contribution >= 4 is 35.4 Å². The monoisotopic (exact) mass is 227 g/mol. The molecule has 1 amide bonds. The summed E-state index contributed by atoms with van der Waals surface area (Å²) in [5, 5.41) is 2.75. The Bertz CT molecular complexity index is 495. The first-order valence-electron chi connectivity index (χ1n) is 4.09. The summed E-state index contributed by atoms with van der Waals surface area (Å²) >= 11 is 0. The Balaban J connectivity index is 0.00000112. The van der Waals surface area contributed by atoms with Gasteiger partial charge in [-0.15, -0.1) is 12.4 Å². The molecule has 80 valence electrons. The first-order chi connectivity index (χ1) is 6.72. The van der Waals surface area contributed by atoms with Crippen LogP contribution < -0.4 is 11.1 Å². The Kier molecular flexibility index (Phi) is 3.16. The summed E-state index contributed by atoms with van der Waals surface area (Å²) in [5.74, 6) is -0.508. The molecular formula is C9H10ClN3O2. The zero-order chi connectivity index (χ0) is 10.1. The molecule has 6 heteroatoms. The van der Waals surface area contributed by atoms with E-state index in [1.165, 1.54) is 0 Å². The molecule has 2 rings (SSSR count). The van der Waals surface area contributed by atoms with Crippen LogP contribution in [0, 0.1) is 0 Å². The van der Waals surface area contributed by atoms with Crippen molar-refractivity contribution in [3.05, 3.63) is 23.8 Å². The number of fused-ring (bicyclic) bond motifs is 1. The van der Waals surface area contributed by atoms with Crippen molar-refractivity contribution in [1.82, 2.24) is 4.98 Å². The number of primary amides is 1. The predicted octanol–water partition coefficient (Wildman–Crippen LogP) is 1.39. The van der Waals surface area contributed by atoms with Crippen LogP contribution in [0.25, 0.3) is 11.1 Å². The predicted molar refractivity (Wildman–Crippen MR) is 59.3 cm³/mol. The average Bonchev–Trinajstić information content (AvgIpc) is 2.59. The molecular weight excluding hydrogens is 218 g/mol. The summed E-state index contributed by atoms with van der Waals surface area (Å²) in [6.45, 7) is 0. The number of hydrogen-bond donors (Lipinski definition) is 2. The molecule has 0 spiro atoms. The lowest BCUT2D eigenvalue weighted by atomic mass is 10.2. The first kappa shape index (κ1) is 11.3. The van der Waals surface area contributed by atoms with Crippen molar-refractivity contribution < 1.29 is 9.21 Å². The number of amides is 1. The zero-order valence-corrected chi connectivity index (χ0v) is 8.80. The number of carbonyl (C=O) groups is 1. The lowest BCUT2D eigenvalue weighted by Crippen LogP contribution is -2.11. The van der Waals surface area contributed by atoms with Gasteiger partial charge in [0.15, 0.2) is 5.58 Å². The summed E-state index contributed by atoms with van der Waals surface area (Å²) in [5.41, 5.74) is 6.59. The number of nitrogens with one attached hydrogen (secondary N) is 1. The highest BCUT2D eigenvalue weighted by Crippen LogP contribution is 2.21. The van der Waals surface area contributed by atoms with Crippen LogP contribution in [0.3, 0.4) is 0 Å². The van der Waals surface area contributed by atoms with Gasteiger partial charge in [0.2, 0.25) is 0 Å². The third-order valence-corrected chi connectivity index (χ3v) is 1.90. The fourth-order valence-electron chi connectivity index (χ4n) is 1.25. The van der Waals surface area contributed by atoms with Crippen LogP contribution in [0.1, 0.15) is 10.4 Å². The summed E-state index contributed by atoms with van der Waals surface area (Å²) < 4.78 is 5.28. The highest BCUT2D eigenvalue weighted by Gasteiger charge is 2.11. The van der Waals surface area contributed by atoms with Gasteiger partial charge in [-0.05, 0) is 12.1 Å². The zero-order valence-electron chi connectivity index (χ0n) is 7.98. The standard InChI is InChI=1S/C9H9N3O2.ClH/c1-11-9-12-7-5(8(10)13)3-2-4-6(7)14-9;/h2-4H,1H3,(H2,10,13)(H,11,12);1H. The van der Waals surface area contributed by atoms with E-state index in [1.54, 1.807) is 25.2 Å². The van der Waals surface area contributed by atoms with Crippen LogP contribution in [0.5, 0.6) is 0 Å². The van der Waals surface area contributed by atoms with E-state index in [9.17, 15) is 4.79 Å². The Morgan fingerprint density at radius 1 is 1.53 bits per heavy atom. The Morgan fingerprint density at radius 3 is 2.87 bits per heavy atom. The number of halogens is 1. The van der Waals surface area contributed by atoms with Gasteiger partial charge in [0.1, 0.15) is 5.52 Å². The molecule has 0 aliphatic rings. The van der Waals surface area contributed by atoms with Crippen molar-refractivity contribution in [3.8, 4) is 0 Å². The second-order valence-electron chi connectivity index (χ2n) is 2.79. The highest BCUT2D eigenvalue weighted by atomic mass is 35.5. The molecule has 0 aliphatic heterocycles. The number of nitrogens with zero attached hydrogens (tertiary/aromatic N) is 1. The molecule has 0 unspecified atom stereocenters. The molecule has 0 atom stereocenters. The number of aromatic nitrogens is 1. The van der Waals surface area contributed by atoms with Crippen molar-refractivity contribution in [1.29, 1.82) is 0 Å². The fourth-order valence-corrected chi connectivity index (χ4v) is 1.25. The Hall–Kier alpha value is -1.75. The van der Waals surface area contributed by atoms with Crippen molar-refractivity contribution in [2.75, 3.05) is 12.4 Å². The molecule has 1 aromatic heterocycles. The third-order valence-electron chi connectivity index (χ3n) is 1.90. The van der Waals surface area contributed by atoms with Crippen LogP contribution >= 0.6 is 12.4 Å². The van der Waals surface area contributed by atoms with Gasteiger partial charge in [-0.3, -0.25) is 4.79 Å². The smallest absolute Gasteiger partial charge is 0.295 e. The molecule has 0 aliphatic carbocycles. The highest BCUT2D eigenvalue weighted by molar-refractivity contribution is 6.03. The lowest BCUT2D eigenvalue weighted by molar-refractivity contribution is 0.100. The van der Waals surface area contributed by atoms with Crippen molar-refractivity contribution in [3.63, 3.8) is 0 Å². The minimum absolute atomic E-state index is 0. The molecule has 0 bridgehead atoms. The van der Waals surface area contributed by atoms with Crippen LogP contribution in [-0.2, 0) is 0 Å². The average molecular weight is 228 g/mol. The van der Waals surface area contributed by atoms with Crippen molar-refractivity contribution in [2.24, 2.45) is 5.73 Å². The number of rotatable bonds is 2.